The maximum atomic E-state index is 11.4. The first-order valence-electron chi connectivity index (χ1n) is 7.55. The smallest absolute Gasteiger partial charge is 0.234 e. The molecule has 1 saturated carbocycles. The highest BCUT2D eigenvalue weighted by Crippen LogP contribution is 2.27. The molecule has 1 heterocycles. The number of hydrogen-bond donors (Lipinski definition) is 1. The van der Waals surface area contributed by atoms with Crippen molar-refractivity contribution in [2.75, 3.05) is 19.6 Å². The second kappa shape index (κ2) is 6.27. The summed E-state index contributed by atoms with van der Waals surface area (Å²) in [7, 11) is 0. The van der Waals surface area contributed by atoms with Crippen LogP contribution in [0.4, 0.5) is 0 Å². The number of hydrogen-bond acceptors (Lipinski definition) is 3. The van der Waals surface area contributed by atoms with Gasteiger partial charge in [0.25, 0.3) is 0 Å². The van der Waals surface area contributed by atoms with E-state index in [1.54, 1.807) is 0 Å². The van der Waals surface area contributed by atoms with E-state index in [0.717, 1.165) is 25.4 Å². The third-order valence-electron chi connectivity index (χ3n) is 4.08. The topological polar surface area (TPSA) is 41.6 Å². The number of ether oxygens (including phenoxy) is 1. The Kier molecular flexibility index (Phi) is 4.21. The molecule has 4 nitrogen and oxygen atoms in total. The molecule has 1 aromatic carbocycles. The summed E-state index contributed by atoms with van der Waals surface area (Å²) in [5.41, 5.74) is 1.19. The standard InChI is InChI=1S/C16H22N2O2/c19-16-12-18(10-9-17-16)11-13-5-1-4-8-15(13)20-14-6-2-3-7-14/h1,4-5,8,14H,2-3,6-7,9-12H2,(H,17,19). The third-order valence-corrected chi connectivity index (χ3v) is 4.08. The zero-order chi connectivity index (χ0) is 13.8. The highest BCUT2D eigenvalue weighted by atomic mass is 16.5. The third kappa shape index (κ3) is 3.31. The van der Waals surface area contributed by atoms with Crippen molar-refractivity contribution in [1.82, 2.24) is 10.2 Å². The van der Waals surface area contributed by atoms with Crippen LogP contribution >= 0.6 is 0 Å². The van der Waals surface area contributed by atoms with E-state index >= 15 is 0 Å². The van der Waals surface area contributed by atoms with Crippen molar-refractivity contribution in [1.29, 1.82) is 0 Å². The van der Waals surface area contributed by atoms with E-state index < -0.39 is 0 Å². The van der Waals surface area contributed by atoms with Gasteiger partial charge in [-0.1, -0.05) is 18.2 Å². The van der Waals surface area contributed by atoms with Crippen LogP contribution in [0.5, 0.6) is 5.75 Å². The van der Waals surface area contributed by atoms with Crippen LogP contribution in [-0.4, -0.2) is 36.5 Å². The van der Waals surface area contributed by atoms with Gasteiger partial charge in [-0.3, -0.25) is 9.69 Å². The maximum absolute atomic E-state index is 11.4. The number of carbonyl (C=O) groups is 1. The quantitative estimate of drug-likeness (QED) is 0.912. The van der Waals surface area contributed by atoms with Gasteiger partial charge in [-0.05, 0) is 31.7 Å². The number of rotatable bonds is 4. The zero-order valence-electron chi connectivity index (χ0n) is 11.8. The monoisotopic (exact) mass is 274 g/mol. The molecule has 1 N–H and O–H groups in total. The average molecular weight is 274 g/mol. The molecule has 1 aromatic rings. The number of nitrogens with zero attached hydrogens (tertiary/aromatic N) is 1. The summed E-state index contributed by atoms with van der Waals surface area (Å²) in [5.74, 6) is 1.11. The summed E-state index contributed by atoms with van der Waals surface area (Å²) in [6.07, 6.45) is 5.26. The van der Waals surface area contributed by atoms with Crippen molar-refractivity contribution in [2.24, 2.45) is 0 Å². The van der Waals surface area contributed by atoms with Crippen molar-refractivity contribution >= 4 is 5.91 Å². The molecular weight excluding hydrogens is 252 g/mol. The second-order valence-corrected chi connectivity index (χ2v) is 5.69. The van der Waals surface area contributed by atoms with Crippen molar-refractivity contribution in [3.63, 3.8) is 0 Å². The SMILES string of the molecule is O=C1CN(Cc2ccccc2OC2CCCC2)CCN1. The Labute approximate surface area is 120 Å². The number of piperazine rings is 1. The lowest BCUT2D eigenvalue weighted by Crippen LogP contribution is -2.47. The van der Waals surface area contributed by atoms with Gasteiger partial charge >= 0.3 is 0 Å². The van der Waals surface area contributed by atoms with Gasteiger partial charge in [0, 0.05) is 25.2 Å². The lowest BCUT2D eigenvalue weighted by atomic mass is 10.1. The first kappa shape index (κ1) is 13.4. The van der Waals surface area contributed by atoms with Crippen molar-refractivity contribution in [3.8, 4) is 5.75 Å². The van der Waals surface area contributed by atoms with Crippen molar-refractivity contribution in [2.45, 2.75) is 38.3 Å². The van der Waals surface area contributed by atoms with Gasteiger partial charge in [-0.25, -0.2) is 0 Å². The van der Waals surface area contributed by atoms with Crippen LogP contribution in [0.3, 0.4) is 0 Å². The van der Waals surface area contributed by atoms with Gasteiger partial charge in [0.05, 0.1) is 12.6 Å². The van der Waals surface area contributed by atoms with Gasteiger partial charge in [0.2, 0.25) is 5.91 Å². The summed E-state index contributed by atoms with van der Waals surface area (Å²) < 4.78 is 6.15. The van der Waals surface area contributed by atoms with Gasteiger partial charge in [0.15, 0.2) is 0 Å². The number of nitrogens with one attached hydrogen (secondary N) is 1. The fraction of sp³-hybridized carbons (Fsp3) is 0.562. The van der Waals surface area contributed by atoms with E-state index in [-0.39, 0.29) is 5.91 Å². The molecular formula is C16H22N2O2. The first-order chi connectivity index (χ1) is 9.81. The fourth-order valence-electron chi connectivity index (χ4n) is 3.00. The molecule has 0 unspecified atom stereocenters. The molecule has 2 fully saturated rings. The summed E-state index contributed by atoms with van der Waals surface area (Å²) in [6, 6.07) is 8.23. The van der Waals surface area contributed by atoms with Crippen LogP contribution in [0.25, 0.3) is 0 Å². The molecule has 4 heteroatoms. The summed E-state index contributed by atoms with van der Waals surface area (Å²) >= 11 is 0. The minimum Gasteiger partial charge on any atom is -0.490 e. The minimum atomic E-state index is 0.116. The van der Waals surface area contributed by atoms with E-state index in [4.69, 9.17) is 4.74 Å². The number of para-hydroxylation sites is 1. The molecule has 0 aromatic heterocycles. The van der Waals surface area contributed by atoms with Crippen LogP contribution in [0.15, 0.2) is 24.3 Å². The molecule has 3 rings (SSSR count). The normalized spacial score (nSPS) is 20.9. The number of amides is 1. The van der Waals surface area contributed by atoms with Crippen molar-refractivity contribution in [3.05, 3.63) is 29.8 Å². The predicted molar refractivity (Wildman–Crippen MR) is 77.6 cm³/mol. The Balaban J connectivity index is 1.67. The number of benzene rings is 1. The lowest BCUT2D eigenvalue weighted by Gasteiger charge is -2.27. The molecule has 108 valence electrons. The summed E-state index contributed by atoms with van der Waals surface area (Å²) in [4.78, 5) is 13.6. The van der Waals surface area contributed by atoms with E-state index in [2.05, 4.69) is 22.3 Å². The van der Waals surface area contributed by atoms with Crippen LogP contribution in [0.1, 0.15) is 31.2 Å². The van der Waals surface area contributed by atoms with Crippen LogP contribution < -0.4 is 10.1 Å². The Hall–Kier alpha value is -1.55. The van der Waals surface area contributed by atoms with E-state index in [0.29, 0.717) is 12.6 Å². The van der Waals surface area contributed by atoms with E-state index in [1.165, 1.54) is 31.2 Å². The molecule has 1 saturated heterocycles. The predicted octanol–water partition coefficient (Wildman–Crippen LogP) is 1.94. The second-order valence-electron chi connectivity index (χ2n) is 5.69. The van der Waals surface area contributed by atoms with Gasteiger partial charge in [0.1, 0.15) is 5.75 Å². The molecule has 0 bridgehead atoms. The molecule has 1 amide bonds. The molecule has 20 heavy (non-hydrogen) atoms. The lowest BCUT2D eigenvalue weighted by molar-refractivity contribution is -0.124. The summed E-state index contributed by atoms with van der Waals surface area (Å²) in [5, 5.41) is 2.86. The van der Waals surface area contributed by atoms with Gasteiger partial charge in [-0.15, -0.1) is 0 Å². The summed E-state index contributed by atoms with van der Waals surface area (Å²) in [6.45, 7) is 2.92. The van der Waals surface area contributed by atoms with Crippen molar-refractivity contribution < 1.29 is 9.53 Å². The highest BCUT2D eigenvalue weighted by molar-refractivity contribution is 5.78. The fourth-order valence-corrected chi connectivity index (χ4v) is 3.00. The van der Waals surface area contributed by atoms with Gasteiger partial charge < -0.3 is 10.1 Å². The van der Waals surface area contributed by atoms with Crippen LogP contribution in [0, 0.1) is 0 Å². The zero-order valence-corrected chi connectivity index (χ0v) is 11.8. The van der Waals surface area contributed by atoms with Crippen LogP contribution in [-0.2, 0) is 11.3 Å². The van der Waals surface area contributed by atoms with Gasteiger partial charge in [-0.2, -0.15) is 0 Å². The Morgan fingerprint density at radius 2 is 2.05 bits per heavy atom. The minimum absolute atomic E-state index is 0.116. The Morgan fingerprint density at radius 1 is 1.25 bits per heavy atom. The molecule has 0 radical (unpaired) electrons. The van der Waals surface area contributed by atoms with E-state index in [1.807, 2.05) is 12.1 Å². The van der Waals surface area contributed by atoms with E-state index in [9.17, 15) is 4.79 Å². The molecule has 1 aliphatic carbocycles. The Bertz CT molecular complexity index is 469. The highest BCUT2D eigenvalue weighted by Gasteiger charge is 2.20. The average Bonchev–Trinajstić information content (AvgIpc) is 2.94. The molecule has 0 spiro atoms. The molecule has 0 atom stereocenters. The Morgan fingerprint density at radius 3 is 2.85 bits per heavy atom. The van der Waals surface area contributed by atoms with Crippen LogP contribution in [0.2, 0.25) is 0 Å². The largest absolute Gasteiger partial charge is 0.490 e. The number of carbonyl (C=O) groups excluding carboxylic acids is 1. The molecule has 1 aliphatic heterocycles. The first-order valence-corrected chi connectivity index (χ1v) is 7.55. The molecule has 2 aliphatic rings. The maximum Gasteiger partial charge on any atom is 0.234 e.